The minimum absolute atomic E-state index is 0. The van der Waals surface area contributed by atoms with Gasteiger partial charge in [0.25, 0.3) is 0 Å². The van der Waals surface area contributed by atoms with E-state index in [2.05, 4.69) is 43.0 Å². The van der Waals surface area contributed by atoms with Gasteiger partial charge in [0.15, 0.2) is 0 Å². The summed E-state index contributed by atoms with van der Waals surface area (Å²) in [5.74, 6) is -3.17. The molecule has 1 N–H and O–H groups in total. The zero-order chi connectivity index (χ0) is 88.6. The number of aromatic nitrogens is 12. The molecule has 0 aliphatic rings. The van der Waals surface area contributed by atoms with Gasteiger partial charge in [-0.25, -0.2) is 19.2 Å². The fourth-order valence-electron chi connectivity index (χ4n) is 15.6. The van der Waals surface area contributed by atoms with E-state index in [1.807, 2.05) is 138 Å². The maximum Gasteiger partial charge on any atom is 0.354 e. The van der Waals surface area contributed by atoms with Crippen LogP contribution in [0, 0.1) is 55.4 Å². The molecule has 0 radical (unpaired) electrons. The van der Waals surface area contributed by atoms with Gasteiger partial charge < -0.3 is 61.3 Å². The molecule has 0 aliphatic heterocycles. The Labute approximate surface area is 761 Å². The number of aliphatic hydroxyl groups is 1. The monoisotopic (exact) mass is 1920 g/mol. The van der Waals surface area contributed by atoms with E-state index in [1.165, 1.54) is 56.9 Å². The number of benzene rings is 4. The Balaban J connectivity index is 0.000000290. The highest BCUT2D eigenvalue weighted by atomic mass is 127. The van der Waals surface area contributed by atoms with Crippen molar-refractivity contribution in [3.8, 4) is 44.5 Å². The van der Waals surface area contributed by atoms with Crippen molar-refractivity contribution in [2.75, 3.05) is 56.9 Å². The molecule has 12 rings (SSSR count). The molecule has 0 saturated carbocycles. The van der Waals surface area contributed by atoms with Gasteiger partial charge in [-0.1, -0.05) is 106 Å². The number of nitrogens with zero attached hydrogens (tertiary/aromatic N) is 12. The Morgan fingerprint density at radius 1 is 0.347 bits per heavy atom. The minimum Gasteiger partial charge on any atom is -0.469 e. The topological polar surface area (TPSA) is 322 Å². The van der Waals surface area contributed by atoms with Crippen molar-refractivity contribution in [2.45, 2.75) is 167 Å². The first-order valence-electron chi connectivity index (χ1n) is 37.7. The summed E-state index contributed by atoms with van der Waals surface area (Å²) in [6.45, 7) is 18.1. The molecular formula is C89H112Cl5IN12O17. The number of hydrogen-bond acceptors (Lipinski definition) is 21. The summed E-state index contributed by atoms with van der Waals surface area (Å²) in [7, 11) is 18.1. The molecule has 8 aromatic heterocycles. The number of methoxy groups -OCH3 is 8. The van der Waals surface area contributed by atoms with Crippen LogP contribution in [0.3, 0.4) is 0 Å². The van der Waals surface area contributed by atoms with Crippen LogP contribution in [0.4, 0.5) is 0 Å². The Hall–Kier alpha value is -10.2. The Kier molecular flexibility index (Phi) is 37.5. The van der Waals surface area contributed by atoms with Crippen LogP contribution in [0.25, 0.3) is 88.1 Å². The second kappa shape index (κ2) is 44.6. The summed E-state index contributed by atoms with van der Waals surface area (Å²) in [5, 5.41) is 33.4. The number of halogens is 6. The zero-order valence-electron chi connectivity index (χ0n) is 70.7. The number of alkyl halides is 2. The van der Waals surface area contributed by atoms with Crippen molar-refractivity contribution >= 4 is 172 Å². The van der Waals surface area contributed by atoms with Crippen molar-refractivity contribution < 1.29 is 81.4 Å². The van der Waals surface area contributed by atoms with Crippen LogP contribution in [-0.4, -0.2) is 167 Å². The number of hydrogen-bond donors (Lipinski definition) is 1. The van der Waals surface area contributed by atoms with Gasteiger partial charge in [-0.3, -0.25) is 37.9 Å². The summed E-state index contributed by atoms with van der Waals surface area (Å²) in [6, 6.07) is 14.5. The van der Waals surface area contributed by atoms with Gasteiger partial charge in [0.2, 0.25) is 0 Å². The van der Waals surface area contributed by atoms with Crippen LogP contribution in [0.2, 0.25) is 20.1 Å². The number of carbonyl (C=O) groups is 8. The number of aryl methyl sites for hydroxylation is 13. The first-order chi connectivity index (χ1) is 57.0. The van der Waals surface area contributed by atoms with E-state index in [0.29, 0.717) is 75.4 Å². The molecule has 0 atom stereocenters. The van der Waals surface area contributed by atoms with Crippen LogP contribution < -0.4 is 0 Å². The summed E-state index contributed by atoms with van der Waals surface area (Å²) >= 11 is 35.2. The largest absolute Gasteiger partial charge is 0.469 e. The molecule has 0 aliphatic carbocycles. The third-order valence-electron chi connectivity index (χ3n) is 21.6. The highest BCUT2D eigenvalue weighted by Crippen LogP contribution is 2.48. The quantitative estimate of drug-likeness (QED) is 0.0254. The smallest absolute Gasteiger partial charge is 0.354 e. The number of ether oxygens (including phenoxy) is 8. The summed E-state index contributed by atoms with van der Waals surface area (Å²) in [5.41, 5.74) is 20.9. The van der Waals surface area contributed by atoms with Gasteiger partial charge in [0.05, 0.1) is 118 Å². The second-order valence-corrected chi connectivity index (χ2v) is 30.6. The average Bonchev–Trinajstić information content (AvgIpc) is 1.60. The van der Waals surface area contributed by atoms with E-state index >= 15 is 0 Å². The molecule has 0 unspecified atom stereocenters. The molecule has 124 heavy (non-hydrogen) atoms. The molecule has 35 heteroatoms. The SMILES string of the molecule is C.C.C.C.CCc1nn(C)c(C)c1-c1c(Cl)ccc2c1c(C)c(C(=O)OC)n2CCC(=O)OC.COC(=O)CCn1c(C(=O)OC)c(C)c2c(-c3c(CCl)nn(C)c3C)c(Cl)ccc21.COC(=O)CCn1c(C(=O)OC)c(C)c2c(-c3c(CI)nn(C)c3C)c(Cl)ccc21.COC(=O)CCn1c(C(=O)OC)c(C)c2c(-c3c(CO)nn(C)c3C)c(Cl)ccc21. The molecule has 8 heterocycles. The van der Waals surface area contributed by atoms with Gasteiger partial charge in [-0.05, 0) is 133 Å². The van der Waals surface area contributed by atoms with E-state index in [-0.39, 0.29) is 118 Å². The lowest BCUT2D eigenvalue weighted by Gasteiger charge is -2.11. The van der Waals surface area contributed by atoms with Crippen LogP contribution in [0.5, 0.6) is 0 Å². The molecule has 0 fully saturated rings. The van der Waals surface area contributed by atoms with Crippen molar-refractivity contribution in [3.63, 3.8) is 0 Å². The predicted molar refractivity (Wildman–Crippen MR) is 496 cm³/mol. The predicted octanol–water partition coefficient (Wildman–Crippen LogP) is 18.9. The number of esters is 8. The van der Waals surface area contributed by atoms with Crippen LogP contribution in [0.15, 0.2) is 48.5 Å². The third kappa shape index (κ3) is 20.0. The van der Waals surface area contributed by atoms with E-state index in [0.717, 1.165) is 134 Å². The third-order valence-corrected chi connectivity index (χ3v) is 23.9. The lowest BCUT2D eigenvalue weighted by atomic mass is 9.96. The highest BCUT2D eigenvalue weighted by molar-refractivity contribution is 14.1. The highest BCUT2D eigenvalue weighted by Gasteiger charge is 2.34. The number of aliphatic hydroxyl groups excluding tert-OH is 1. The van der Waals surface area contributed by atoms with Crippen molar-refractivity contribution in [3.05, 3.63) is 159 Å². The van der Waals surface area contributed by atoms with E-state index in [4.69, 9.17) is 95.9 Å². The summed E-state index contributed by atoms with van der Waals surface area (Å²) in [6.07, 6.45) is 1.21. The van der Waals surface area contributed by atoms with E-state index in [9.17, 15) is 43.5 Å². The average molecular weight is 1930 g/mol. The summed E-state index contributed by atoms with van der Waals surface area (Å²) in [4.78, 5) is 97.6. The standard InChI is InChI=1S/C22H26ClN3O4.C21H23Cl2N3O4.C21H23ClIN3O4.C21H24ClN3O5.4CH4/c1-7-15-19(13(3)25(4)24-15)20-14(23)8-9-16-18(20)12(2)21(22(28)30-6)26(16)11-10-17(27)29-5;1-11-17-15(26(9-8-16(27)29-4)20(11)21(28)30-5)7-6-13(23)19(17)18-12(2)25(3)24-14(18)10-22;1-11-17-15(26(9-8-16(27)29-4)20(11)21(28)30-5)7-6-13(22)19(17)18-12(2)25(3)24-14(18)10-23;1-11-17-15(25(9-8-16(27)29-4)20(11)21(28)30-5)7-6-13(22)19(17)18-12(2)24(3)23-14(18)10-26;;;;/h8-9H,7,10-11H2,1-6H3;2*6-7H,8-10H2,1-5H3;6-7,26H,8-10H2,1-5H3;4*1H4. The summed E-state index contributed by atoms with van der Waals surface area (Å²) < 4.78 is 54.2. The first-order valence-corrected chi connectivity index (χ1v) is 41.3. The van der Waals surface area contributed by atoms with Gasteiger partial charge in [0.1, 0.15) is 22.8 Å². The van der Waals surface area contributed by atoms with E-state index in [1.54, 1.807) is 37.7 Å². The molecule has 0 spiro atoms. The molecule has 0 amide bonds. The van der Waals surface area contributed by atoms with Gasteiger partial charge in [-0.2, -0.15) is 20.4 Å². The molecule has 672 valence electrons. The lowest BCUT2D eigenvalue weighted by Crippen LogP contribution is -2.14. The first kappa shape index (κ1) is 104. The van der Waals surface area contributed by atoms with Crippen molar-refractivity contribution in [1.82, 2.24) is 57.4 Å². The minimum atomic E-state index is -0.513. The molecule has 12 aromatic rings. The molecule has 0 bridgehead atoms. The van der Waals surface area contributed by atoms with Gasteiger partial charge >= 0.3 is 47.8 Å². The van der Waals surface area contributed by atoms with Crippen LogP contribution in [-0.2, 0) is 135 Å². The van der Waals surface area contributed by atoms with E-state index < -0.39 is 23.9 Å². The Morgan fingerprint density at radius 2 is 0.565 bits per heavy atom. The molecule has 0 saturated heterocycles. The Bertz CT molecular complexity index is 5310. The molecular weight excluding hydrogens is 1810 g/mol. The molecule has 29 nitrogen and oxygen atoms in total. The maximum atomic E-state index is 12.7. The zero-order valence-corrected chi connectivity index (χ0v) is 76.7. The number of fused-ring (bicyclic) bond motifs is 4. The van der Waals surface area contributed by atoms with Gasteiger partial charge in [0, 0.05) is 190 Å². The lowest BCUT2D eigenvalue weighted by molar-refractivity contribution is -0.141. The molecule has 4 aromatic carbocycles. The second-order valence-electron chi connectivity index (χ2n) is 27.9. The maximum absolute atomic E-state index is 12.7. The van der Waals surface area contributed by atoms with Crippen molar-refractivity contribution in [2.24, 2.45) is 28.2 Å². The number of rotatable bonds is 24. The van der Waals surface area contributed by atoms with Crippen molar-refractivity contribution in [1.29, 1.82) is 0 Å². The number of carbonyl (C=O) groups excluding carboxylic acids is 8. The Morgan fingerprint density at radius 3 is 0.782 bits per heavy atom. The fraction of sp³-hybridized carbons (Fsp3) is 0.416. The van der Waals surface area contributed by atoms with Gasteiger partial charge in [-0.15, -0.1) is 11.6 Å². The fourth-order valence-corrected chi connectivity index (χ4v) is 17.3. The normalized spacial score (nSPS) is 10.8. The van der Waals surface area contributed by atoms with Crippen LogP contribution in [0.1, 0.15) is 172 Å². The van der Waals surface area contributed by atoms with Crippen LogP contribution >= 0.6 is 80.6 Å².